The molecule has 2 fully saturated rings. The van der Waals surface area contributed by atoms with Crippen LogP contribution in [0, 0.1) is 10.8 Å². The minimum atomic E-state index is -0.0647. The Hall–Kier alpha value is -3.42. The summed E-state index contributed by atoms with van der Waals surface area (Å²) in [6.45, 7) is 12.9. The molecule has 52 heavy (non-hydrogen) atoms. The third kappa shape index (κ3) is 16.9. The SMILES string of the molecule is CCCCCCN1CCN(CC(=O)NCCCOCCOCCOCCCNC(=O)CN2CC(Cc3ccccc3)N(CCCCCC)C2=N)C1=N. The van der Waals surface area contributed by atoms with Gasteiger partial charge in [-0.15, -0.1) is 0 Å². The maximum Gasteiger partial charge on any atom is 0.239 e. The Bertz CT molecular complexity index is 1160. The first-order chi connectivity index (χ1) is 25.4. The molecule has 1 aromatic carbocycles. The lowest BCUT2D eigenvalue weighted by Gasteiger charge is -2.25. The highest BCUT2D eigenvalue weighted by atomic mass is 16.5. The molecule has 0 radical (unpaired) electrons. The Kier molecular flexibility index (Phi) is 21.8. The van der Waals surface area contributed by atoms with E-state index in [4.69, 9.17) is 25.0 Å². The molecule has 0 saturated carbocycles. The van der Waals surface area contributed by atoms with Crippen molar-refractivity contribution >= 4 is 23.7 Å². The van der Waals surface area contributed by atoms with Crippen LogP contribution in [0.2, 0.25) is 0 Å². The predicted molar refractivity (Wildman–Crippen MR) is 207 cm³/mol. The number of hydrogen-bond donors (Lipinski definition) is 4. The van der Waals surface area contributed by atoms with E-state index in [1.165, 1.54) is 37.7 Å². The van der Waals surface area contributed by atoms with Crippen LogP contribution in [0.25, 0.3) is 0 Å². The van der Waals surface area contributed by atoms with Gasteiger partial charge in [-0.3, -0.25) is 20.4 Å². The van der Waals surface area contributed by atoms with Gasteiger partial charge in [0.1, 0.15) is 0 Å². The third-order valence-electron chi connectivity index (χ3n) is 9.52. The normalized spacial score (nSPS) is 16.0. The molecular formula is C39H68N8O5. The summed E-state index contributed by atoms with van der Waals surface area (Å²) in [6.07, 6.45) is 11.6. The Labute approximate surface area is 313 Å². The van der Waals surface area contributed by atoms with Gasteiger partial charge >= 0.3 is 0 Å². The lowest BCUT2D eigenvalue weighted by molar-refractivity contribution is -0.122. The smallest absolute Gasteiger partial charge is 0.239 e. The molecule has 0 spiro atoms. The Balaban J connectivity index is 1.12. The molecule has 0 aliphatic carbocycles. The second-order valence-corrected chi connectivity index (χ2v) is 13.8. The van der Waals surface area contributed by atoms with Crippen LogP contribution in [0.4, 0.5) is 0 Å². The largest absolute Gasteiger partial charge is 0.379 e. The number of nitrogens with zero attached hydrogens (tertiary/aromatic N) is 4. The zero-order valence-electron chi connectivity index (χ0n) is 32.2. The molecule has 3 rings (SSSR count). The number of unbranched alkanes of at least 4 members (excludes halogenated alkanes) is 6. The first kappa shape index (κ1) is 43.0. The van der Waals surface area contributed by atoms with Crippen molar-refractivity contribution in [2.45, 2.75) is 90.5 Å². The summed E-state index contributed by atoms with van der Waals surface area (Å²) < 4.78 is 16.8. The summed E-state index contributed by atoms with van der Waals surface area (Å²) >= 11 is 0. The molecule has 1 aromatic rings. The van der Waals surface area contributed by atoms with Gasteiger partial charge in [-0.05, 0) is 37.7 Å². The summed E-state index contributed by atoms with van der Waals surface area (Å²) in [5.41, 5.74) is 1.26. The van der Waals surface area contributed by atoms with Crippen molar-refractivity contribution in [2.75, 3.05) is 98.5 Å². The van der Waals surface area contributed by atoms with Crippen LogP contribution in [0.1, 0.15) is 83.6 Å². The number of amides is 2. The average molecular weight is 729 g/mol. The molecule has 2 aliphatic heterocycles. The highest BCUT2D eigenvalue weighted by molar-refractivity contribution is 5.87. The van der Waals surface area contributed by atoms with Crippen molar-refractivity contribution in [3.8, 4) is 0 Å². The van der Waals surface area contributed by atoms with Gasteiger partial charge in [-0.2, -0.15) is 0 Å². The number of nitrogens with one attached hydrogen (secondary N) is 4. The fraction of sp³-hybridized carbons (Fsp3) is 0.744. The van der Waals surface area contributed by atoms with Crippen molar-refractivity contribution in [1.29, 1.82) is 10.8 Å². The zero-order valence-corrected chi connectivity index (χ0v) is 32.2. The number of carbonyl (C=O) groups excluding carboxylic acids is 2. The van der Waals surface area contributed by atoms with Crippen LogP contribution < -0.4 is 10.6 Å². The summed E-state index contributed by atoms with van der Waals surface area (Å²) in [6, 6.07) is 10.6. The number of carbonyl (C=O) groups is 2. The van der Waals surface area contributed by atoms with E-state index in [1.807, 2.05) is 15.9 Å². The van der Waals surface area contributed by atoms with Gasteiger partial charge in [0, 0.05) is 59.0 Å². The van der Waals surface area contributed by atoms with Crippen LogP contribution in [0.5, 0.6) is 0 Å². The quantitative estimate of drug-likeness (QED) is 0.0867. The van der Waals surface area contributed by atoms with Crippen LogP contribution in [-0.2, 0) is 30.2 Å². The maximum absolute atomic E-state index is 12.7. The van der Waals surface area contributed by atoms with E-state index >= 15 is 0 Å². The summed E-state index contributed by atoms with van der Waals surface area (Å²) in [7, 11) is 0. The number of hydrogen-bond acceptors (Lipinski definition) is 7. The highest BCUT2D eigenvalue weighted by Crippen LogP contribution is 2.20. The van der Waals surface area contributed by atoms with Crippen molar-refractivity contribution in [3.63, 3.8) is 0 Å². The van der Waals surface area contributed by atoms with Crippen LogP contribution in [0.15, 0.2) is 30.3 Å². The van der Waals surface area contributed by atoms with Gasteiger partial charge in [0.25, 0.3) is 0 Å². The minimum absolute atomic E-state index is 0.0560. The van der Waals surface area contributed by atoms with Crippen LogP contribution >= 0.6 is 0 Å². The fourth-order valence-corrected chi connectivity index (χ4v) is 6.55. The van der Waals surface area contributed by atoms with Gasteiger partial charge in [0.15, 0.2) is 11.9 Å². The van der Waals surface area contributed by atoms with E-state index in [0.717, 1.165) is 58.3 Å². The van der Waals surface area contributed by atoms with E-state index in [2.05, 4.69) is 58.5 Å². The minimum Gasteiger partial charge on any atom is -0.379 e. The Morgan fingerprint density at radius 2 is 1.19 bits per heavy atom. The topological polar surface area (TPSA) is 147 Å². The molecule has 13 heteroatoms. The molecule has 4 N–H and O–H groups in total. The maximum atomic E-state index is 12.7. The van der Waals surface area contributed by atoms with Gasteiger partial charge in [0.2, 0.25) is 11.8 Å². The summed E-state index contributed by atoms with van der Waals surface area (Å²) in [5, 5.41) is 23.1. The fourth-order valence-electron chi connectivity index (χ4n) is 6.55. The van der Waals surface area contributed by atoms with E-state index in [0.29, 0.717) is 77.6 Å². The Morgan fingerprint density at radius 3 is 1.79 bits per heavy atom. The molecule has 13 nitrogen and oxygen atoms in total. The standard InChI is InChI=1S/C39H68N8O5/c1-3-5-7-12-20-44-22-23-45(38(44)40)32-36(48)42-18-14-24-50-26-28-52-29-27-51-25-15-19-43-37(49)33-46-31-35(30-34-16-10-9-11-17-34)47(39(46)41)21-13-8-6-4-2/h9-11,16-17,35,40-41H,3-8,12-15,18-33H2,1-2H3,(H,42,48)(H,43,49). The van der Waals surface area contributed by atoms with E-state index < -0.39 is 0 Å². The third-order valence-corrected chi connectivity index (χ3v) is 9.52. The van der Waals surface area contributed by atoms with E-state index in [1.54, 1.807) is 0 Å². The van der Waals surface area contributed by atoms with Gasteiger partial charge in [0.05, 0.1) is 45.6 Å². The first-order valence-electron chi connectivity index (χ1n) is 19.9. The van der Waals surface area contributed by atoms with Crippen molar-refractivity contribution in [3.05, 3.63) is 35.9 Å². The molecule has 2 amide bonds. The van der Waals surface area contributed by atoms with Gasteiger partial charge in [-0.1, -0.05) is 82.7 Å². The average Bonchev–Trinajstić information content (AvgIpc) is 3.63. The van der Waals surface area contributed by atoms with Crippen LogP contribution in [0.3, 0.4) is 0 Å². The molecule has 2 aliphatic rings. The van der Waals surface area contributed by atoms with Crippen molar-refractivity contribution < 1.29 is 23.8 Å². The molecule has 1 atom stereocenters. The summed E-state index contributed by atoms with van der Waals surface area (Å²) in [5.74, 6) is 0.805. The molecule has 0 aromatic heterocycles. The lowest BCUT2D eigenvalue weighted by atomic mass is 10.1. The van der Waals surface area contributed by atoms with Crippen molar-refractivity contribution in [2.24, 2.45) is 0 Å². The second kappa shape index (κ2) is 26.4. The molecular weight excluding hydrogens is 660 g/mol. The molecule has 2 heterocycles. The molecule has 2 saturated heterocycles. The monoisotopic (exact) mass is 729 g/mol. The molecule has 294 valence electrons. The molecule has 1 unspecified atom stereocenters. The summed E-state index contributed by atoms with van der Waals surface area (Å²) in [4.78, 5) is 33.0. The van der Waals surface area contributed by atoms with E-state index in [-0.39, 0.29) is 30.9 Å². The number of ether oxygens (including phenoxy) is 3. The second-order valence-electron chi connectivity index (χ2n) is 13.8. The Morgan fingerprint density at radius 1 is 0.654 bits per heavy atom. The molecule has 0 bridgehead atoms. The van der Waals surface area contributed by atoms with Gasteiger partial charge in [-0.25, -0.2) is 0 Å². The number of benzene rings is 1. The zero-order chi connectivity index (χ0) is 37.2. The number of rotatable bonds is 30. The van der Waals surface area contributed by atoms with Gasteiger partial charge < -0.3 is 44.4 Å². The van der Waals surface area contributed by atoms with E-state index in [9.17, 15) is 9.59 Å². The van der Waals surface area contributed by atoms with Crippen LogP contribution in [-0.4, -0.2) is 148 Å². The van der Waals surface area contributed by atoms with Crippen molar-refractivity contribution in [1.82, 2.24) is 30.2 Å². The lowest BCUT2D eigenvalue weighted by Crippen LogP contribution is -2.41. The first-order valence-corrected chi connectivity index (χ1v) is 19.9. The number of guanidine groups is 2. The highest BCUT2D eigenvalue weighted by Gasteiger charge is 2.35. The predicted octanol–water partition coefficient (Wildman–Crippen LogP) is 3.93.